The van der Waals surface area contributed by atoms with E-state index in [1.54, 1.807) is 29.2 Å². The second-order valence-corrected chi connectivity index (χ2v) is 7.74. The Labute approximate surface area is 176 Å². The second-order valence-electron chi connectivity index (χ2n) is 7.74. The molecule has 3 aromatic rings. The summed E-state index contributed by atoms with van der Waals surface area (Å²) in [7, 11) is 1.40. The first-order valence-corrected chi connectivity index (χ1v) is 9.86. The molecule has 3 heterocycles. The molecule has 1 aliphatic heterocycles. The number of alkyl halides is 3. The number of hydrogen-bond donors (Lipinski definition) is 1. The van der Waals surface area contributed by atoms with Crippen molar-refractivity contribution in [3.8, 4) is 6.07 Å². The summed E-state index contributed by atoms with van der Waals surface area (Å²) in [5, 5.41) is 9.40. The molecule has 1 saturated heterocycles. The first-order valence-electron chi connectivity index (χ1n) is 9.86. The van der Waals surface area contributed by atoms with E-state index in [0.29, 0.717) is 29.7 Å². The normalized spacial score (nSPS) is 17.2. The highest BCUT2D eigenvalue weighted by Gasteiger charge is 2.36. The fourth-order valence-electron chi connectivity index (χ4n) is 4.07. The molecule has 1 fully saturated rings. The van der Waals surface area contributed by atoms with Gasteiger partial charge < -0.3 is 10.6 Å². The van der Waals surface area contributed by atoms with Crippen molar-refractivity contribution in [2.45, 2.75) is 31.6 Å². The van der Waals surface area contributed by atoms with E-state index in [1.807, 2.05) is 0 Å². The highest BCUT2D eigenvalue weighted by molar-refractivity contribution is 5.87. The summed E-state index contributed by atoms with van der Waals surface area (Å²) in [4.78, 5) is 18.6. The molecule has 0 radical (unpaired) electrons. The molecule has 1 aromatic carbocycles. The largest absolute Gasteiger partial charge is 0.433 e. The lowest BCUT2D eigenvalue weighted by molar-refractivity contribution is -0.140. The van der Waals surface area contributed by atoms with Crippen LogP contribution in [0.15, 0.2) is 35.1 Å². The van der Waals surface area contributed by atoms with E-state index in [4.69, 9.17) is 5.73 Å². The Balaban J connectivity index is 1.98. The lowest BCUT2D eigenvalue weighted by Gasteiger charge is -2.33. The number of piperidine rings is 1. The van der Waals surface area contributed by atoms with Gasteiger partial charge in [-0.3, -0.25) is 9.13 Å². The molecule has 10 heteroatoms. The van der Waals surface area contributed by atoms with Crippen LogP contribution in [0.2, 0.25) is 0 Å². The summed E-state index contributed by atoms with van der Waals surface area (Å²) >= 11 is 0. The molecule has 1 aliphatic rings. The summed E-state index contributed by atoms with van der Waals surface area (Å²) in [5.74, 6) is 0. The SMILES string of the molecule is Cn1c(=O)n(Cc2ccccc2C#N)c2c(N3CCCC(N)C3)cc(C(F)(F)F)nc21. The molecular formula is C21H21F3N6O. The highest BCUT2D eigenvalue weighted by atomic mass is 19.4. The Morgan fingerprint density at radius 1 is 1.32 bits per heavy atom. The second kappa shape index (κ2) is 7.74. The molecule has 162 valence electrons. The molecule has 0 spiro atoms. The van der Waals surface area contributed by atoms with Gasteiger partial charge >= 0.3 is 11.9 Å². The van der Waals surface area contributed by atoms with Gasteiger partial charge in [-0.2, -0.15) is 18.4 Å². The van der Waals surface area contributed by atoms with Crippen molar-refractivity contribution in [3.05, 3.63) is 57.6 Å². The Bertz CT molecular complexity index is 1240. The quantitative estimate of drug-likeness (QED) is 0.690. The van der Waals surface area contributed by atoms with E-state index in [-0.39, 0.29) is 23.9 Å². The molecule has 4 rings (SSSR count). The van der Waals surface area contributed by atoms with Crippen molar-refractivity contribution in [3.63, 3.8) is 0 Å². The summed E-state index contributed by atoms with van der Waals surface area (Å²) in [6.45, 7) is 0.954. The predicted molar refractivity (Wildman–Crippen MR) is 110 cm³/mol. The molecule has 2 N–H and O–H groups in total. The van der Waals surface area contributed by atoms with Crippen molar-refractivity contribution in [1.82, 2.24) is 14.1 Å². The van der Waals surface area contributed by atoms with Crippen LogP contribution in [0.4, 0.5) is 18.9 Å². The minimum Gasteiger partial charge on any atom is -0.368 e. The number of hydrogen-bond acceptors (Lipinski definition) is 5. The van der Waals surface area contributed by atoms with Crippen LogP contribution >= 0.6 is 0 Å². The molecule has 0 amide bonds. The van der Waals surface area contributed by atoms with Gasteiger partial charge in [0.05, 0.1) is 23.9 Å². The smallest absolute Gasteiger partial charge is 0.368 e. The fourth-order valence-corrected chi connectivity index (χ4v) is 4.07. The number of halogens is 3. The zero-order valence-electron chi connectivity index (χ0n) is 16.9. The number of nitrogens with two attached hydrogens (primary N) is 1. The zero-order valence-corrected chi connectivity index (χ0v) is 16.9. The van der Waals surface area contributed by atoms with Gasteiger partial charge in [-0.1, -0.05) is 18.2 Å². The average Bonchev–Trinajstić information content (AvgIpc) is 2.98. The van der Waals surface area contributed by atoms with Crippen molar-refractivity contribution >= 4 is 16.9 Å². The van der Waals surface area contributed by atoms with Gasteiger partial charge in [-0.05, 0) is 30.5 Å². The molecule has 0 bridgehead atoms. The van der Waals surface area contributed by atoms with Crippen LogP contribution in [0, 0.1) is 11.3 Å². The van der Waals surface area contributed by atoms with E-state index < -0.39 is 17.6 Å². The monoisotopic (exact) mass is 430 g/mol. The van der Waals surface area contributed by atoms with Crippen molar-refractivity contribution < 1.29 is 13.2 Å². The lowest BCUT2D eigenvalue weighted by Crippen LogP contribution is -2.43. The number of imidazole rings is 1. The average molecular weight is 430 g/mol. The van der Waals surface area contributed by atoms with E-state index in [0.717, 1.165) is 23.5 Å². The maximum Gasteiger partial charge on any atom is 0.433 e. The number of nitriles is 1. The topological polar surface area (TPSA) is 92.9 Å². The van der Waals surface area contributed by atoms with Gasteiger partial charge in [-0.25, -0.2) is 9.78 Å². The molecule has 1 unspecified atom stereocenters. The van der Waals surface area contributed by atoms with Crippen LogP contribution in [0.25, 0.3) is 11.2 Å². The molecule has 7 nitrogen and oxygen atoms in total. The molecule has 0 saturated carbocycles. The Morgan fingerprint density at radius 2 is 2.06 bits per heavy atom. The standard InChI is InChI=1S/C21H21F3N6O/c1-28-19-18(30(20(28)31)11-14-6-3-2-5-13(14)10-25)16(9-17(27-19)21(22,23)24)29-8-4-7-15(26)12-29/h2-3,5-6,9,15H,4,7-8,11-12,26H2,1H3. The number of nitrogens with zero attached hydrogens (tertiary/aromatic N) is 5. The Kier molecular flexibility index (Phi) is 5.23. The fraction of sp³-hybridized carbons (Fsp3) is 0.381. The van der Waals surface area contributed by atoms with Crippen molar-refractivity contribution in [2.24, 2.45) is 12.8 Å². The van der Waals surface area contributed by atoms with Crippen molar-refractivity contribution in [2.75, 3.05) is 18.0 Å². The van der Waals surface area contributed by atoms with Crippen LogP contribution < -0.4 is 16.3 Å². The number of pyridine rings is 1. The van der Waals surface area contributed by atoms with Gasteiger partial charge in [0.1, 0.15) is 11.2 Å². The summed E-state index contributed by atoms with van der Waals surface area (Å²) < 4.78 is 43.3. The number of benzene rings is 1. The first-order chi connectivity index (χ1) is 14.7. The minimum atomic E-state index is -4.66. The molecule has 0 aliphatic carbocycles. The van der Waals surface area contributed by atoms with Gasteiger partial charge in [-0.15, -0.1) is 0 Å². The van der Waals surface area contributed by atoms with Crippen LogP contribution in [0.3, 0.4) is 0 Å². The van der Waals surface area contributed by atoms with Gasteiger partial charge in [0.15, 0.2) is 5.65 Å². The van der Waals surface area contributed by atoms with Crippen LogP contribution in [-0.2, 0) is 19.8 Å². The number of aromatic nitrogens is 3. The van der Waals surface area contributed by atoms with E-state index >= 15 is 0 Å². The third-order valence-electron chi connectivity index (χ3n) is 5.61. The first kappa shape index (κ1) is 20.9. The third kappa shape index (κ3) is 3.77. The molecule has 31 heavy (non-hydrogen) atoms. The van der Waals surface area contributed by atoms with Gasteiger partial charge in [0, 0.05) is 26.2 Å². The zero-order chi connectivity index (χ0) is 22.3. The minimum absolute atomic E-state index is 0.0415. The van der Waals surface area contributed by atoms with E-state index in [9.17, 15) is 23.2 Å². The highest BCUT2D eigenvalue weighted by Crippen LogP contribution is 2.35. The van der Waals surface area contributed by atoms with Gasteiger partial charge in [0.2, 0.25) is 0 Å². The van der Waals surface area contributed by atoms with Crippen LogP contribution in [0.1, 0.15) is 29.7 Å². The molecular weight excluding hydrogens is 409 g/mol. The number of rotatable bonds is 3. The maximum absolute atomic E-state index is 13.6. The Morgan fingerprint density at radius 3 is 2.74 bits per heavy atom. The molecule has 2 aromatic heterocycles. The molecule has 1 atom stereocenters. The Hall–Kier alpha value is -3.32. The summed E-state index contributed by atoms with van der Waals surface area (Å²) in [6, 6.07) is 9.73. The van der Waals surface area contributed by atoms with E-state index in [1.165, 1.54) is 11.6 Å². The number of aryl methyl sites for hydroxylation is 1. The van der Waals surface area contributed by atoms with Crippen LogP contribution in [0.5, 0.6) is 0 Å². The predicted octanol–water partition coefficient (Wildman–Crippen LogP) is 2.60. The van der Waals surface area contributed by atoms with Gasteiger partial charge in [0.25, 0.3) is 0 Å². The number of fused-ring (bicyclic) bond motifs is 1. The van der Waals surface area contributed by atoms with E-state index in [2.05, 4.69) is 11.1 Å². The van der Waals surface area contributed by atoms with Crippen molar-refractivity contribution in [1.29, 1.82) is 5.26 Å². The lowest BCUT2D eigenvalue weighted by atomic mass is 10.1. The summed E-state index contributed by atoms with van der Waals surface area (Å²) in [6.07, 6.45) is -3.14. The van der Waals surface area contributed by atoms with Crippen LogP contribution in [-0.4, -0.2) is 33.2 Å². The number of anilines is 1. The third-order valence-corrected chi connectivity index (χ3v) is 5.61. The maximum atomic E-state index is 13.6. The summed E-state index contributed by atoms with van der Waals surface area (Å²) in [5.41, 5.74) is 6.04.